The highest BCUT2D eigenvalue weighted by Gasteiger charge is 2.39. The van der Waals surface area contributed by atoms with Gasteiger partial charge in [0.15, 0.2) is 0 Å². The van der Waals surface area contributed by atoms with Crippen molar-refractivity contribution in [3.05, 3.63) is 58.7 Å². The first-order valence-corrected chi connectivity index (χ1v) is 9.52. The van der Waals surface area contributed by atoms with Gasteiger partial charge in [-0.1, -0.05) is 31.0 Å². The molecule has 0 aliphatic heterocycles. The minimum atomic E-state index is 0.622. The monoisotopic (exact) mass is 336 g/mol. The largest absolute Gasteiger partial charge is 0.497 e. The van der Waals surface area contributed by atoms with Crippen LogP contribution in [0.4, 0.5) is 0 Å². The summed E-state index contributed by atoms with van der Waals surface area (Å²) in [6.45, 7) is 2.16. The number of benzene rings is 2. The van der Waals surface area contributed by atoms with Gasteiger partial charge in [0.1, 0.15) is 11.5 Å². The highest BCUT2D eigenvalue weighted by molar-refractivity contribution is 5.47. The molecule has 0 bridgehead atoms. The first-order valence-electron chi connectivity index (χ1n) is 9.52. The molecule has 3 unspecified atom stereocenters. The molecule has 2 aliphatic carbocycles. The van der Waals surface area contributed by atoms with Crippen molar-refractivity contribution in [1.29, 1.82) is 0 Å². The Balaban J connectivity index is 1.75. The summed E-state index contributed by atoms with van der Waals surface area (Å²) in [6, 6.07) is 13.5. The van der Waals surface area contributed by atoms with E-state index >= 15 is 0 Å². The van der Waals surface area contributed by atoms with Gasteiger partial charge in [0.05, 0.1) is 14.2 Å². The molecule has 0 saturated heterocycles. The van der Waals surface area contributed by atoms with Crippen LogP contribution in [0.15, 0.2) is 36.4 Å². The molecule has 2 aliphatic rings. The maximum absolute atomic E-state index is 5.61. The SMILES string of the molecule is COc1ccc(C2Cc3cc(C)c(OC)cc3C3CCCCC23)cc1. The predicted octanol–water partition coefficient (Wildman–Crippen LogP) is 5.63. The molecule has 1 saturated carbocycles. The van der Waals surface area contributed by atoms with E-state index in [0.717, 1.165) is 23.8 Å². The highest BCUT2D eigenvalue weighted by atomic mass is 16.5. The lowest BCUT2D eigenvalue weighted by Crippen LogP contribution is -2.31. The lowest BCUT2D eigenvalue weighted by Gasteiger charge is -2.43. The molecule has 4 rings (SSSR count). The average molecular weight is 336 g/mol. The van der Waals surface area contributed by atoms with Crippen molar-refractivity contribution in [1.82, 2.24) is 0 Å². The van der Waals surface area contributed by atoms with Crippen LogP contribution >= 0.6 is 0 Å². The second kappa shape index (κ2) is 6.74. The molecule has 132 valence electrons. The Kier molecular flexibility index (Phi) is 4.45. The van der Waals surface area contributed by atoms with E-state index in [2.05, 4.69) is 43.3 Å². The van der Waals surface area contributed by atoms with E-state index in [1.165, 1.54) is 42.4 Å². The van der Waals surface area contributed by atoms with Crippen LogP contribution in [0.25, 0.3) is 0 Å². The number of methoxy groups -OCH3 is 2. The lowest BCUT2D eigenvalue weighted by molar-refractivity contribution is 0.242. The van der Waals surface area contributed by atoms with Crippen molar-refractivity contribution in [2.75, 3.05) is 14.2 Å². The van der Waals surface area contributed by atoms with Crippen molar-refractivity contribution in [3.8, 4) is 11.5 Å². The number of rotatable bonds is 3. The van der Waals surface area contributed by atoms with Crippen molar-refractivity contribution in [2.45, 2.75) is 50.9 Å². The van der Waals surface area contributed by atoms with Gasteiger partial charge in [-0.3, -0.25) is 0 Å². The van der Waals surface area contributed by atoms with Crippen LogP contribution in [0.3, 0.4) is 0 Å². The number of hydrogen-bond acceptors (Lipinski definition) is 2. The average Bonchev–Trinajstić information content (AvgIpc) is 2.67. The molecular weight excluding hydrogens is 308 g/mol. The van der Waals surface area contributed by atoms with Crippen molar-refractivity contribution >= 4 is 0 Å². The summed E-state index contributed by atoms with van der Waals surface area (Å²) in [5, 5.41) is 0. The van der Waals surface area contributed by atoms with Crippen LogP contribution < -0.4 is 9.47 Å². The van der Waals surface area contributed by atoms with Crippen LogP contribution in [-0.2, 0) is 6.42 Å². The molecular formula is C23H28O2. The first-order chi connectivity index (χ1) is 12.2. The molecule has 0 N–H and O–H groups in total. The molecule has 2 nitrogen and oxygen atoms in total. The zero-order chi connectivity index (χ0) is 17.4. The van der Waals surface area contributed by atoms with Crippen molar-refractivity contribution < 1.29 is 9.47 Å². The quantitative estimate of drug-likeness (QED) is 0.723. The Morgan fingerprint density at radius 2 is 1.64 bits per heavy atom. The van der Waals surface area contributed by atoms with Crippen molar-refractivity contribution in [3.63, 3.8) is 0 Å². The molecule has 3 atom stereocenters. The fraction of sp³-hybridized carbons (Fsp3) is 0.478. The van der Waals surface area contributed by atoms with E-state index in [1.807, 2.05) is 0 Å². The zero-order valence-corrected chi connectivity index (χ0v) is 15.5. The minimum absolute atomic E-state index is 0.622. The van der Waals surface area contributed by atoms with E-state index in [0.29, 0.717) is 11.8 Å². The van der Waals surface area contributed by atoms with Gasteiger partial charge < -0.3 is 9.47 Å². The molecule has 2 aromatic rings. The van der Waals surface area contributed by atoms with E-state index < -0.39 is 0 Å². The molecule has 2 heteroatoms. The second-order valence-electron chi connectivity index (χ2n) is 7.66. The van der Waals surface area contributed by atoms with Gasteiger partial charge in [-0.15, -0.1) is 0 Å². The van der Waals surface area contributed by atoms with Gasteiger partial charge in [-0.2, -0.15) is 0 Å². The zero-order valence-electron chi connectivity index (χ0n) is 15.5. The first kappa shape index (κ1) is 16.5. The third-order valence-corrected chi connectivity index (χ3v) is 6.38. The third-order valence-electron chi connectivity index (χ3n) is 6.38. The summed E-state index contributed by atoms with van der Waals surface area (Å²) in [5.74, 6) is 4.05. The van der Waals surface area contributed by atoms with Gasteiger partial charge in [0.25, 0.3) is 0 Å². The smallest absolute Gasteiger partial charge is 0.122 e. The van der Waals surface area contributed by atoms with E-state index in [9.17, 15) is 0 Å². The Hall–Kier alpha value is -1.96. The van der Waals surface area contributed by atoms with Gasteiger partial charge in [-0.25, -0.2) is 0 Å². The standard InChI is InChI=1S/C23H28O2/c1-15-12-17-13-21(16-8-10-18(24-2)11-9-16)19-6-4-5-7-20(19)22(17)14-23(15)25-3/h8-12,14,19-21H,4-7,13H2,1-3H3. The summed E-state index contributed by atoms with van der Waals surface area (Å²) in [5.41, 5.74) is 5.81. The summed E-state index contributed by atoms with van der Waals surface area (Å²) in [4.78, 5) is 0. The number of hydrogen-bond donors (Lipinski definition) is 0. The predicted molar refractivity (Wildman–Crippen MR) is 102 cm³/mol. The number of fused-ring (bicyclic) bond motifs is 3. The Morgan fingerprint density at radius 1 is 0.880 bits per heavy atom. The van der Waals surface area contributed by atoms with Crippen LogP contribution in [0, 0.1) is 12.8 Å². The van der Waals surface area contributed by atoms with E-state index in [4.69, 9.17) is 9.47 Å². The summed E-state index contributed by atoms with van der Waals surface area (Å²) < 4.78 is 11.0. The maximum Gasteiger partial charge on any atom is 0.122 e. The third kappa shape index (κ3) is 2.92. The number of aryl methyl sites for hydroxylation is 1. The van der Waals surface area contributed by atoms with E-state index in [1.54, 1.807) is 19.8 Å². The topological polar surface area (TPSA) is 18.5 Å². The molecule has 0 amide bonds. The van der Waals surface area contributed by atoms with Crippen LogP contribution in [0.1, 0.15) is 59.8 Å². The molecule has 25 heavy (non-hydrogen) atoms. The van der Waals surface area contributed by atoms with Gasteiger partial charge >= 0.3 is 0 Å². The summed E-state index contributed by atoms with van der Waals surface area (Å²) in [7, 11) is 3.52. The normalized spacial score (nSPS) is 25.0. The molecule has 1 fully saturated rings. The van der Waals surface area contributed by atoms with Crippen molar-refractivity contribution in [2.24, 2.45) is 5.92 Å². The Bertz CT molecular complexity index is 747. The Morgan fingerprint density at radius 3 is 2.36 bits per heavy atom. The second-order valence-corrected chi connectivity index (χ2v) is 7.66. The Labute approximate surface area is 151 Å². The lowest BCUT2D eigenvalue weighted by atomic mass is 9.61. The fourth-order valence-electron chi connectivity index (χ4n) is 5.14. The van der Waals surface area contributed by atoms with Gasteiger partial charge in [0, 0.05) is 0 Å². The molecule has 0 spiro atoms. The molecule has 0 radical (unpaired) electrons. The summed E-state index contributed by atoms with van der Waals surface area (Å²) in [6.07, 6.45) is 6.53. The summed E-state index contributed by atoms with van der Waals surface area (Å²) >= 11 is 0. The molecule has 0 aromatic heterocycles. The molecule has 0 heterocycles. The highest BCUT2D eigenvalue weighted by Crippen LogP contribution is 2.52. The van der Waals surface area contributed by atoms with Crippen LogP contribution in [0.5, 0.6) is 11.5 Å². The minimum Gasteiger partial charge on any atom is -0.497 e. The van der Waals surface area contributed by atoms with Gasteiger partial charge in [0.2, 0.25) is 0 Å². The fourth-order valence-corrected chi connectivity index (χ4v) is 5.14. The number of ether oxygens (including phenoxy) is 2. The van der Waals surface area contributed by atoms with Gasteiger partial charge in [-0.05, 0) is 84.4 Å². The van der Waals surface area contributed by atoms with E-state index in [-0.39, 0.29) is 0 Å². The van der Waals surface area contributed by atoms with Crippen LogP contribution in [0.2, 0.25) is 0 Å². The van der Waals surface area contributed by atoms with Crippen LogP contribution in [-0.4, -0.2) is 14.2 Å². The molecule has 2 aromatic carbocycles. The maximum atomic E-state index is 5.61.